The first-order valence-corrected chi connectivity index (χ1v) is 14.0. The number of pyridine rings is 4. The van der Waals surface area contributed by atoms with E-state index in [-0.39, 0.29) is 121 Å². The van der Waals surface area contributed by atoms with Gasteiger partial charge in [-0.05, 0) is 87.4 Å². The van der Waals surface area contributed by atoms with Gasteiger partial charge in [0.05, 0.1) is 0 Å². The largest absolute Gasteiger partial charge is 3.00 e. The van der Waals surface area contributed by atoms with Crippen LogP contribution >= 0.6 is 0 Å². The molecule has 4 aromatic heterocycles. The predicted molar refractivity (Wildman–Crippen MR) is 198 cm³/mol. The predicted octanol–water partition coefficient (Wildman–Crippen LogP) is -10.3. The Morgan fingerprint density at radius 1 is 0.450 bits per heavy atom. The molecule has 28 heteroatoms. The maximum atomic E-state index is 11.6. The summed E-state index contributed by atoms with van der Waals surface area (Å²) in [6, 6.07) is 16.7. The standard InChI is InChI=1S/2C12H11N5O.4C2H4O2.2Dy.6H2O/c2*13-11(10-3-1-2-6-15-10)16-17-12(18)9-4-7-14-8-5-9;4*1-2(3)4;;;;;;;;/h2*1-8H,(H2,13,16)(H,17,18);4*1H3,(H,3,4);;;6*1H2/q;;;;;;2*+3;;;;;;/p-4. The molecule has 2 radical (unpaired) electrons. The molecular formula is C32H46Dy2N10O16+2. The molecule has 0 fully saturated rings. The summed E-state index contributed by atoms with van der Waals surface area (Å²) in [5, 5.41) is 73.1. The van der Waals surface area contributed by atoms with Gasteiger partial charge in [0, 0.05) is 72.9 Å². The van der Waals surface area contributed by atoms with Gasteiger partial charge in [0.25, 0.3) is 0 Å². The Morgan fingerprint density at radius 2 is 0.683 bits per heavy atom. The summed E-state index contributed by atoms with van der Waals surface area (Å²) in [6.07, 6.45) is 9.21. The van der Waals surface area contributed by atoms with Crippen molar-refractivity contribution in [3.05, 3.63) is 120 Å². The van der Waals surface area contributed by atoms with Gasteiger partial charge in [0.2, 0.25) is 0 Å². The van der Waals surface area contributed by atoms with Gasteiger partial charge in [0.15, 0.2) is 11.7 Å². The van der Waals surface area contributed by atoms with Crippen LogP contribution in [0.2, 0.25) is 0 Å². The quantitative estimate of drug-likeness (QED) is 0.0783. The molecule has 0 spiro atoms. The van der Waals surface area contributed by atoms with Gasteiger partial charge in [-0.1, -0.05) is 12.1 Å². The number of carbonyl (C=O) groups is 4. The third-order valence-corrected chi connectivity index (χ3v) is 4.21. The van der Waals surface area contributed by atoms with E-state index in [0.29, 0.717) is 22.5 Å². The van der Waals surface area contributed by atoms with Crippen molar-refractivity contribution in [1.82, 2.24) is 19.9 Å². The summed E-state index contributed by atoms with van der Waals surface area (Å²) in [5.41, 5.74) is 13.1. The zero-order valence-corrected chi connectivity index (χ0v) is 35.9. The number of amidine groups is 2. The zero-order chi connectivity index (χ0) is 39.9. The average molecular weight is 1150 g/mol. The first-order chi connectivity index (χ1) is 24.5. The van der Waals surface area contributed by atoms with Gasteiger partial charge >= 0.3 is 76.3 Å². The van der Waals surface area contributed by atoms with Crippen LogP contribution in [0.3, 0.4) is 0 Å². The first kappa shape index (κ1) is 78.9. The van der Waals surface area contributed by atoms with E-state index in [0.717, 1.165) is 27.7 Å². The van der Waals surface area contributed by atoms with Crippen LogP contribution in [-0.2, 0) is 30.1 Å². The average Bonchev–Trinajstić information content (AvgIpc) is 3.10. The van der Waals surface area contributed by atoms with E-state index in [4.69, 9.17) is 51.1 Å². The molecule has 0 unspecified atom stereocenters. The summed E-state index contributed by atoms with van der Waals surface area (Å²) in [5.74, 6) is -5.09. The van der Waals surface area contributed by atoms with Crippen molar-refractivity contribution in [1.29, 1.82) is 0 Å². The van der Waals surface area contributed by atoms with E-state index in [1.54, 1.807) is 73.1 Å². The van der Waals surface area contributed by atoms with Gasteiger partial charge in [-0.25, -0.2) is 0 Å². The van der Waals surface area contributed by atoms with Crippen LogP contribution in [0.5, 0.6) is 0 Å². The van der Waals surface area contributed by atoms with Crippen LogP contribution < -0.4 is 42.1 Å². The smallest absolute Gasteiger partial charge is 0.857 e. The summed E-state index contributed by atoms with van der Waals surface area (Å²) < 4.78 is 0. The molecule has 0 amide bonds. The number of nitrogens with two attached hydrogens (primary N) is 2. The Balaban J connectivity index is -0.0000000699. The van der Waals surface area contributed by atoms with Crippen LogP contribution in [0.4, 0.5) is 0 Å². The second-order valence-corrected chi connectivity index (χ2v) is 8.65. The molecule has 0 aliphatic carbocycles. The van der Waals surface area contributed by atoms with Gasteiger partial charge in [0.1, 0.15) is 11.4 Å². The number of carboxylic acids is 4. The van der Waals surface area contributed by atoms with Crippen molar-refractivity contribution >= 4 is 47.3 Å². The van der Waals surface area contributed by atoms with E-state index in [9.17, 15) is 10.2 Å². The normalized spacial score (nSPS) is 9.13. The maximum Gasteiger partial charge on any atom is 3.00 e. The second kappa shape index (κ2) is 49.8. The number of hydrogen-bond donors (Lipinski definition) is 2. The van der Waals surface area contributed by atoms with E-state index < -0.39 is 35.7 Å². The Morgan fingerprint density at radius 3 is 0.883 bits per heavy atom. The fourth-order valence-corrected chi connectivity index (χ4v) is 2.43. The molecule has 0 saturated carbocycles. The Hall–Kier alpha value is -5.33. The molecule has 60 heavy (non-hydrogen) atoms. The Labute approximate surface area is 402 Å². The molecule has 0 aliphatic heterocycles. The molecule has 0 saturated heterocycles. The van der Waals surface area contributed by atoms with E-state index in [1.807, 2.05) is 0 Å². The monoisotopic (exact) mass is 1150 g/mol. The summed E-state index contributed by atoms with van der Waals surface area (Å²) in [6.45, 7) is 3.89. The first-order valence-electron chi connectivity index (χ1n) is 14.0. The molecule has 0 aliphatic rings. The third-order valence-electron chi connectivity index (χ3n) is 4.21. The molecule has 4 aromatic rings. The number of aromatic nitrogens is 4. The van der Waals surface area contributed by atoms with Crippen molar-refractivity contribution < 1.29 is 159 Å². The van der Waals surface area contributed by atoms with Gasteiger partial charge in [-0.2, -0.15) is 10.2 Å². The van der Waals surface area contributed by atoms with Gasteiger partial charge in [-0.3, -0.25) is 19.9 Å². The van der Waals surface area contributed by atoms with Crippen LogP contribution in [0, 0.1) is 76.3 Å². The van der Waals surface area contributed by atoms with E-state index >= 15 is 0 Å². The molecular weight excluding hydrogens is 1110 g/mol. The number of carboxylic acid groups (broad SMARTS) is 4. The molecule has 0 atom stereocenters. The van der Waals surface area contributed by atoms with Crippen LogP contribution in [0.1, 0.15) is 50.2 Å². The fourth-order valence-electron chi connectivity index (χ4n) is 2.43. The van der Waals surface area contributed by atoms with Crippen molar-refractivity contribution in [3.8, 4) is 0 Å². The molecule has 18 N–H and O–H groups in total. The maximum absolute atomic E-state index is 11.6. The van der Waals surface area contributed by atoms with E-state index in [1.165, 1.54) is 24.8 Å². The minimum absolute atomic E-state index is 0. The van der Waals surface area contributed by atoms with Crippen LogP contribution in [0.25, 0.3) is 0 Å². The number of hydrogen-bond acceptors (Lipinski definition) is 18. The minimum Gasteiger partial charge on any atom is -0.857 e. The SMILES string of the molecule is CC(=O)[O-].CC(=O)[O-].CC(=O)[O-].CC(=O)[O-].N/C(=N\N=C(/[O-])c1ccncc1)c1ccccn1.N/C(=N\N=C(/[O-])c1ccncc1)c1ccccn1.O.O.O.O.[Dy+3].[Dy+3].[OH3+].[OH3+]. The number of rotatable bonds is 6. The zero-order valence-electron chi connectivity index (χ0n) is 31.8. The third kappa shape index (κ3) is 50.7. The molecule has 4 rings (SSSR count). The molecule has 4 heterocycles. The number of aliphatic carboxylic acids is 4. The van der Waals surface area contributed by atoms with Crippen molar-refractivity contribution in [2.75, 3.05) is 0 Å². The second-order valence-electron chi connectivity index (χ2n) is 8.65. The van der Waals surface area contributed by atoms with Gasteiger partial charge < -0.3 is 94.1 Å². The van der Waals surface area contributed by atoms with Crippen molar-refractivity contribution in [3.63, 3.8) is 0 Å². The number of carbonyl (C=O) groups excluding carboxylic acids is 4. The molecule has 0 bridgehead atoms. The molecule has 0 aromatic carbocycles. The van der Waals surface area contributed by atoms with Gasteiger partial charge in [-0.15, -0.1) is 10.2 Å². The Bertz CT molecular complexity index is 1510. The topological polar surface area (TPSA) is 552 Å². The van der Waals surface area contributed by atoms with Crippen LogP contribution in [0.15, 0.2) is 118 Å². The summed E-state index contributed by atoms with van der Waals surface area (Å²) in [7, 11) is 0. The van der Waals surface area contributed by atoms with Crippen molar-refractivity contribution in [2.45, 2.75) is 27.7 Å². The van der Waals surface area contributed by atoms with Crippen LogP contribution in [-0.4, -0.2) is 89.2 Å². The molecule has 338 valence electrons. The van der Waals surface area contributed by atoms with E-state index in [2.05, 4.69) is 40.3 Å². The summed E-state index contributed by atoms with van der Waals surface area (Å²) >= 11 is 0. The van der Waals surface area contributed by atoms with Crippen molar-refractivity contribution in [2.24, 2.45) is 31.9 Å². The number of nitrogens with zero attached hydrogens (tertiary/aromatic N) is 8. The minimum atomic E-state index is -1.08. The molecule has 26 nitrogen and oxygen atoms in total. The summed E-state index contributed by atoms with van der Waals surface area (Å²) in [4.78, 5) is 51.2. The Kier molecular flexibility index (Phi) is 65.5. The fraction of sp³-hybridized carbons (Fsp3) is 0.125.